The monoisotopic (exact) mass is 292 g/mol. The molecular formula is C17H28N2O2. The summed E-state index contributed by atoms with van der Waals surface area (Å²) in [6.45, 7) is 9.27. The number of hydrogen-bond donors (Lipinski definition) is 1. The topological polar surface area (TPSA) is 41.6 Å². The third-order valence-electron chi connectivity index (χ3n) is 3.61. The number of nitrogens with zero attached hydrogens (tertiary/aromatic N) is 1. The van der Waals surface area contributed by atoms with Gasteiger partial charge in [0.2, 0.25) is 0 Å². The fraction of sp³-hybridized carbons (Fsp3) is 0.588. The zero-order valence-corrected chi connectivity index (χ0v) is 13.8. The molecule has 0 saturated carbocycles. The Morgan fingerprint density at radius 2 is 1.95 bits per heavy atom. The first kappa shape index (κ1) is 17.5. The molecule has 0 aliphatic heterocycles. The number of benzene rings is 1. The normalized spacial score (nSPS) is 12.3. The van der Waals surface area contributed by atoms with Crippen LogP contribution in [-0.4, -0.2) is 37.0 Å². The van der Waals surface area contributed by atoms with Crippen LogP contribution in [0.1, 0.15) is 45.7 Å². The molecule has 0 aliphatic carbocycles. The molecule has 0 aromatic heterocycles. The van der Waals surface area contributed by atoms with E-state index in [-0.39, 0.29) is 24.6 Å². The van der Waals surface area contributed by atoms with Gasteiger partial charge in [0.05, 0.1) is 0 Å². The summed E-state index contributed by atoms with van der Waals surface area (Å²) in [5.41, 5.74) is 1.09. The zero-order chi connectivity index (χ0) is 15.8. The van der Waals surface area contributed by atoms with E-state index in [0.717, 1.165) is 24.3 Å². The van der Waals surface area contributed by atoms with Crippen molar-refractivity contribution in [3.05, 3.63) is 29.8 Å². The third-order valence-corrected chi connectivity index (χ3v) is 3.61. The lowest BCUT2D eigenvalue weighted by atomic mass is 10.1. The van der Waals surface area contributed by atoms with Crippen molar-refractivity contribution in [2.24, 2.45) is 0 Å². The Morgan fingerprint density at radius 1 is 1.29 bits per heavy atom. The number of nitrogens with one attached hydrogen (secondary N) is 1. The average molecular weight is 292 g/mol. The molecule has 4 heteroatoms. The molecule has 0 bridgehead atoms. The molecule has 21 heavy (non-hydrogen) atoms. The summed E-state index contributed by atoms with van der Waals surface area (Å²) in [7, 11) is 1.80. The summed E-state index contributed by atoms with van der Waals surface area (Å²) in [5, 5.41) is 3.44. The second kappa shape index (κ2) is 8.67. The first-order valence-electron chi connectivity index (χ1n) is 7.68. The lowest BCUT2D eigenvalue weighted by Crippen LogP contribution is -2.36. The lowest BCUT2D eigenvalue weighted by Gasteiger charge is -2.22. The molecule has 4 nitrogen and oxygen atoms in total. The second-order valence-electron chi connectivity index (χ2n) is 5.60. The largest absolute Gasteiger partial charge is 0.483 e. The molecule has 1 atom stereocenters. The number of amides is 1. The molecule has 1 rings (SSSR count). The lowest BCUT2D eigenvalue weighted by molar-refractivity contribution is -0.133. The Hall–Kier alpha value is -1.55. The first-order chi connectivity index (χ1) is 9.97. The highest BCUT2D eigenvalue weighted by atomic mass is 16.5. The van der Waals surface area contributed by atoms with Gasteiger partial charge < -0.3 is 15.0 Å². The zero-order valence-electron chi connectivity index (χ0n) is 13.8. The standard InChI is InChI=1S/C17H28N2O2/c1-6-11-18-14(4)15-9-7-8-10-16(15)21-12-17(20)19(5)13(2)3/h7-10,13-14,18H,6,11-12H2,1-5H3. The summed E-state index contributed by atoms with van der Waals surface area (Å²) < 4.78 is 5.74. The highest BCUT2D eigenvalue weighted by Gasteiger charge is 2.15. The Kier molecular flexibility index (Phi) is 7.23. The van der Waals surface area contributed by atoms with E-state index in [1.54, 1.807) is 11.9 Å². The van der Waals surface area contributed by atoms with Crippen LogP contribution in [0.3, 0.4) is 0 Å². The van der Waals surface area contributed by atoms with Crippen LogP contribution in [0.15, 0.2) is 24.3 Å². The molecule has 0 aliphatic rings. The van der Waals surface area contributed by atoms with E-state index in [9.17, 15) is 4.79 Å². The minimum Gasteiger partial charge on any atom is -0.483 e. The number of carbonyl (C=O) groups is 1. The van der Waals surface area contributed by atoms with Crippen molar-refractivity contribution in [1.82, 2.24) is 10.2 Å². The Bertz CT molecular complexity index is 446. The van der Waals surface area contributed by atoms with Crippen LogP contribution in [0.25, 0.3) is 0 Å². The van der Waals surface area contributed by atoms with Gasteiger partial charge in [0.25, 0.3) is 5.91 Å². The van der Waals surface area contributed by atoms with Crippen molar-refractivity contribution in [3.8, 4) is 5.75 Å². The van der Waals surface area contributed by atoms with Gasteiger partial charge in [-0.25, -0.2) is 0 Å². The molecule has 1 amide bonds. The highest BCUT2D eigenvalue weighted by Crippen LogP contribution is 2.24. The summed E-state index contributed by atoms with van der Waals surface area (Å²) in [4.78, 5) is 13.7. The number of ether oxygens (including phenoxy) is 1. The van der Waals surface area contributed by atoms with Gasteiger partial charge in [-0.2, -0.15) is 0 Å². The number of para-hydroxylation sites is 1. The van der Waals surface area contributed by atoms with E-state index < -0.39 is 0 Å². The summed E-state index contributed by atoms with van der Waals surface area (Å²) >= 11 is 0. The molecule has 1 aromatic carbocycles. The van der Waals surface area contributed by atoms with Gasteiger partial charge in [-0.3, -0.25) is 4.79 Å². The Balaban J connectivity index is 2.69. The summed E-state index contributed by atoms with van der Waals surface area (Å²) in [6.07, 6.45) is 1.09. The van der Waals surface area contributed by atoms with Crippen LogP contribution in [0, 0.1) is 0 Å². The van der Waals surface area contributed by atoms with Crippen molar-refractivity contribution in [2.45, 2.75) is 46.2 Å². The van der Waals surface area contributed by atoms with E-state index >= 15 is 0 Å². The van der Waals surface area contributed by atoms with E-state index in [2.05, 4.69) is 19.2 Å². The van der Waals surface area contributed by atoms with Crippen LogP contribution >= 0.6 is 0 Å². The minimum atomic E-state index is -0.00558. The maximum Gasteiger partial charge on any atom is 0.260 e. The molecule has 1 unspecified atom stereocenters. The number of carbonyl (C=O) groups excluding carboxylic acids is 1. The molecule has 0 saturated heterocycles. The van der Waals surface area contributed by atoms with E-state index in [0.29, 0.717) is 0 Å². The van der Waals surface area contributed by atoms with Gasteiger partial charge in [0.15, 0.2) is 6.61 Å². The van der Waals surface area contributed by atoms with E-state index in [1.165, 1.54) is 0 Å². The first-order valence-corrected chi connectivity index (χ1v) is 7.68. The van der Waals surface area contributed by atoms with Crippen LogP contribution in [-0.2, 0) is 4.79 Å². The summed E-state index contributed by atoms with van der Waals surface area (Å²) in [6, 6.07) is 8.28. The van der Waals surface area contributed by atoms with Crippen molar-refractivity contribution >= 4 is 5.91 Å². The molecule has 1 N–H and O–H groups in total. The van der Waals surface area contributed by atoms with E-state index in [4.69, 9.17) is 4.74 Å². The summed E-state index contributed by atoms with van der Waals surface area (Å²) in [5.74, 6) is 0.771. The molecule has 0 fully saturated rings. The third kappa shape index (κ3) is 5.38. The van der Waals surface area contributed by atoms with Crippen LogP contribution in [0.5, 0.6) is 5.75 Å². The molecule has 0 heterocycles. The van der Waals surface area contributed by atoms with Gasteiger partial charge in [0, 0.05) is 24.7 Å². The average Bonchev–Trinajstić information content (AvgIpc) is 2.49. The number of rotatable bonds is 8. The predicted octanol–water partition coefficient (Wildman–Crippen LogP) is 2.99. The van der Waals surface area contributed by atoms with Crippen LogP contribution < -0.4 is 10.1 Å². The van der Waals surface area contributed by atoms with Gasteiger partial charge in [-0.1, -0.05) is 25.1 Å². The van der Waals surface area contributed by atoms with E-state index in [1.807, 2.05) is 38.1 Å². The fourth-order valence-electron chi connectivity index (χ4n) is 1.97. The molecule has 1 aromatic rings. The van der Waals surface area contributed by atoms with Crippen molar-refractivity contribution in [1.29, 1.82) is 0 Å². The highest BCUT2D eigenvalue weighted by molar-refractivity contribution is 5.77. The second-order valence-corrected chi connectivity index (χ2v) is 5.60. The quantitative estimate of drug-likeness (QED) is 0.801. The maximum atomic E-state index is 12.0. The minimum absolute atomic E-state index is 0.00558. The SMILES string of the molecule is CCCNC(C)c1ccccc1OCC(=O)N(C)C(C)C. The van der Waals surface area contributed by atoms with Gasteiger partial charge in [0.1, 0.15) is 5.75 Å². The predicted molar refractivity (Wildman–Crippen MR) is 86.6 cm³/mol. The Morgan fingerprint density at radius 3 is 2.57 bits per heavy atom. The van der Waals surface area contributed by atoms with Crippen molar-refractivity contribution in [3.63, 3.8) is 0 Å². The fourth-order valence-corrected chi connectivity index (χ4v) is 1.97. The molecule has 0 spiro atoms. The Labute approximate surface area is 128 Å². The van der Waals surface area contributed by atoms with Gasteiger partial charge in [-0.15, -0.1) is 0 Å². The van der Waals surface area contributed by atoms with Crippen molar-refractivity contribution < 1.29 is 9.53 Å². The number of likely N-dealkylation sites (N-methyl/N-ethyl adjacent to an activating group) is 1. The van der Waals surface area contributed by atoms with Crippen molar-refractivity contribution in [2.75, 3.05) is 20.2 Å². The molecular weight excluding hydrogens is 264 g/mol. The maximum absolute atomic E-state index is 12.0. The smallest absolute Gasteiger partial charge is 0.260 e. The van der Waals surface area contributed by atoms with Gasteiger partial charge in [-0.05, 0) is 39.8 Å². The molecule has 118 valence electrons. The van der Waals surface area contributed by atoms with Crippen LogP contribution in [0.4, 0.5) is 0 Å². The number of hydrogen-bond acceptors (Lipinski definition) is 3. The van der Waals surface area contributed by atoms with Crippen LogP contribution in [0.2, 0.25) is 0 Å². The molecule has 0 radical (unpaired) electrons. The van der Waals surface area contributed by atoms with Gasteiger partial charge >= 0.3 is 0 Å².